The van der Waals surface area contributed by atoms with Crippen LogP contribution in [0.15, 0.2) is 29.2 Å². The fourth-order valence-corrected chi connectivity index (χ4v) is 3.49. The maximum atomic E-state index is 12.1. The third-order valence-electron chi connectivity index (χ3n) is 2.70. The fourth-order valence-electron chi connectivity index (χ4n) is 1.91. The number of benzene rings is 1. The predicted octanol–water partition coefficient (Wildman–Crippen LogP) is 2.78. The Bertz CT molecular complexity index is 504. The Labute approximate surface area is 109 Å². The van der Waals surface area contributed by atoms with Crippen LogP contribution in [0.1, 0.15) is 38.7 Å². The summed E-state index contributed by atoms with van der Waals surface area (Å²) in [5.41, 5.74) is 0.629. The number of hydrogen-bond donors (Lipinski definition) is 0. The molecule has 18 heavy (non-hydrogen) atoms. The van der Waals surface area contributed by atoms with E-state index in [4.69, 9.17) is 0 Å². The van der Waals surface area contributed by atoms with Crippen LogP contribution in [0.2, 0.25) is 0 Å². The standard InChI is InChI=1S/C14H20O3S/c1-3-7-13(15)11-12-8-5-6-9-14(12)18(16,17)10-4-2/h5-6,8-9H,3-4,7,10-11H2,1-2H3. The van der Waals surface area contributed by atoms with Crippen LogP contribution in [0.4, 0.5) is 0 Å². The van der Waals surface area contributed by atoms with Gasteiger partial charge in [-0.3, -0.25) is 4.79 Å². The molecule has 0 spiro atoms. The topological polar surface area (TPSA) is 51.2 Å². The largest absolute Gasteiger partial charge is 0.299 e. The van der Waals surface area contributed by atoms with Gasteiger partial charge in [0.2, 0.25) is 0 Å². The van der Waals surface area contributed by atoms with E-state index in [9.17, 15) is 13.2 Å². The number of hydrogen-bond acceptors (Lipinski definition) is 3. The average molecular weight is 268 g/mol. The van der Waals surface area contributed by atoms with Gasteiger partial charge in [0.1, 0.15) is 5.78 Å². The van der Waals surface area contributed by atoms with Crippen molar-refractivity contribution in [3.63, 3.8) is 0 Å². The molecule has 0 heterocycles. The molecule has 0 bridgehead atoms. The maximum absolute atomic E-state index is 12.1. The molecular formula is C14H20O3S. The highest BCUT2D eigenvalue weighted by Crippen LogP contribution is 2.19. The first-order chi connectivity index (χ1) is 8.51. The van der Waals surface area contributed by atoms with Crippen molar-refractivity contribution in [3.8, 4) is 0 Å². The van der Waals surface area contributed by atoms with Crippen LogP contribution in [0, 0.1) is 0 Å². The average Bonchev–Trinajstić information content (AvgIpc) is 2.29. The molecule has 0 fully saturated rings. The molecule has 0 N–H and O–H groups in total. The SMILES string of the molecule is CCCC(=O)Cc1ccccc1S(=O)(=O)CCC. The van der Waals surface area contributed by atoms with Crippen LogP contribution in [-0.4, -0.2) is 20.0 Å². The molecule has 0 aromatic heterocycles. The van der Waals surface area contributed by atoms with Crippen molar-refractivity contribution < 1.29 is 13.2 Å². The second-order valence-corrected chi connectivity index (χ2v) is 6.47. The van der Waals surface area contributed by atoms with E-state index in [0.717, 1.165) is 6.42 Å². The third-order valence-corrected chi connectivity index (χ3v) is 4.71. The zero-order valence-corrected chi connectivity index (χ0v) is 11.8. The van der Waals surface area contributed by atoms with Crippen LogP contribution in [-0.2, 0) is 21.1 Å². The molecular weight excluding hydrogens is 248 g/mol. The van der Waals surface area contributed by atoms with Gasteiger partial charge < -0.3 is 0 Å². The second kappa shape index (κ2) is 6.69. The Morgan fingerprint density at radius 2 is 1.78 bits per heavy atom. The van der Waals surface area contributed by atoms with Crippen LogP contribution < -0.4 is 0 Å². The van der Waals surface area contributed by atoms with Crippen LogP contribution in [0.3, 0.4) is 0 Å². The number of carbonyl (C=O) groups excluding carboxylic acids is 1. The summed E-state index contributed by atoms with van der Waals surface area (Å²) in [5, 5.41) is 0. The minimum Gasteiger partial charge on any atom is -0.299 e. The molecule has 4 heteroatoms. The summed E-state index contributed by atoms with van der Waals surface area (Å²) in [5.74, 6) is 0.225. The first-order valence-corrected chi connectivity index (χ1v) is 7.98. The van der Waals surface area contributed by atoms with Gasteiger partial charge in [0, 0.05) is 12.8 Å². The van der Waals surface area contributed by atoms with Crippen molar-refractivity contribution in [2.75, 3.05) is 5.75 Å². The van der Waals surface area contributed by atoms with Gasteiger partial charge in [-0.05, 0) is 24.5 Å². The molecule has 1 aromatic rings. The normalized spacial score (nSPS) is 11.4. The zero-order valence-electron chi connectivity index (χ0n) is 11.0. The minimum absolute atomic E-state index is 0.0941. The van der Waals surface area contributed by atoms with Crippen molar-refractivity contribution in [1.29, 1.82) is 0 Å². The van der Waals surface area contributed by atoms with Crippen molar-refractivity contribution >= 4 is 15.6 Å². The van der Waals surface area contributed by atoms with E-state index in [1.807, 2.05) is 13.8 Å². The van der Waals surface area contributed by atoms with Gasteiger partial charge in [0.05, 0.1) is 10.6 Å². The first kappa shape index (κ1) is 14.9. The lowest BCUT2D eigenvalue weighted by Gasteiger charge is -2.09. The monoisotopic (exact) mass is 268 g/mol. The Hall–Kier alpha value is -1.16. The summed E-state index contributed by atoms with van der Waals surface area (Å²) in [4.78, 5) is 12.0. The summed E-state index contributed by atoms with van der Waals surface area (Å²) in [7, 11) is -3.25. The molecule has 3 nitrogen and oxygen atoms in total. The molecule has 0 aliphatic rings. The van der Waals surface area contributed by atoms with E-state index in [2.05, 4.69) is 0 Å². The lowest BCUT2D eigenvalue weighted by Crippen LogP contribution is -2.11. The molecule has 0 radical (unpaired) electrons. The highest BCUT2D eigenvalue weighted by molar-refractivity contribution is 7.91. The number of ketones is 1. The van der Waals surface area contributed by atoms with Crippen LogP contribution in [0.5, 0.6) is 0 Å². The van der Waals surface area contributed by atoms with E-state index < -0.39 is 9.84 Å². The predicted molar refractivity (Wildman–Crippen MR) is 72.4 cm³/mol. The number of sulfone groups is 1. The third kappa shape index (κ3) is 3.95. The van der Waals surface area contributed by atoms with E-state index in [1.54, 1.807) is 24.3 Å². The second-order valence-electron chi connectivity index (χ2n) is 4.39. The van der Waals surface area contributed by atoms with E-state index in [0.29, 0.717) is 23.3 Å². The zero-order chi connectivity index (χ0) is 13.6. The van der Waals surface area contributed by atoms with Crippen molar-refractivity contribution in [3.05, 3.63) is 29.8 Å². The van der Waals surface area contributed by atoms with Gasteiger partial charge in [-0.2, -0.15) is 0 Å². The van der Waals surface area contributed by atoms with Crippen molar-refractivity contribution in [1.82, 2.24) is 0 Å². The van der Waals surface area contributed by atoms with Gasteiger partial charge in [-0.15, -0.1) is 0 Å². The Balaban J connectivity index is 3.03. The summed E-state index contributed by atoms with van der Waals surface area (Å²) < 4.78 is 24.2. The van der Waals surface area contributed by atoms with Crippen molar-refractivity contribution in [2.45, 2.75) is 44.4 Å². The van der Waals surface area contributed by atoms with E-state index in [-0.39, 0.29) is 18.0 Å². The van der Waals surface area contributed by atoms with Gasteiger partial charge in [-0.25, -0.2) is 8.42 Å². The maximum Gasteiger partial charge on any atom is 0.178 e. The first-order valence-electron chi connectivity index (χ1n) is 6.33. The molecule has 0 amide bonds. The molecule has 1 aromatic carbocycles. The van der Waals surface area contributed by atoms with Crippen molar-refractivity contribution in [2.24, 2.45) is 0 Å². The number of carbonyl (C=O) groups is 1. The smallest absolute Gasteiger partial charge is 0.178 e. The van der Waals surface area contributed by atoms with Gasteiger partial charge in [-0.1, -0.05) is 32.0 Å². The quantitative estimate of drug-likeness (QED) is 0.764. The fraction of sp³-hybridized carbons (Fsp3) is 0.500. The summed E-state index contributed by atoms with van der Waals surface area (Å²) >= 11 is 0. The highest BCUT2D eigenvalue weighted by Gasteiger charge is 2.18. The number of Topliss-reactive ketones (excluding diaryl/α,β-unsaturated/α-hetero) is 1. The van der Waals surface area contributed by atoms with Gasteiger partial charge in [0.15, 0.2) is 9.84 Å². The molecule has 0 atom stereocenters. The molecule has 0 aliphatic carbocycles. The Kier molecular flexibility index (Phi) is 5.54. The summed E-state index contributed by atoms with van der Waals surface area (Å²) in [6, 6.07) is 6.81. The minimum atomic E-state index is -3.25. The Morgan fingerprint density at radius 1 is 1.11 bits per heavy atom. The molecule has 1 rings (SSSR count). The Morgan fingerprint density at radius 3 is 2.39 bits per heavy atom. The molecule has 0 saturated heterocycles. The lowest BCUT2D eigenvalue weighted by molar-refractivity contribution is -0.118. The van der Waals surface area contributed by atoms with Crippen LogP contribution >= 0.6 is 0 Å². The van der Waals surface area contributed by atoms with Crippen LogP contribution in [0.25, 0.3) is 0 Å². The number of rotatable bonds is 7. The lowest BCUT2D eigenvalue weighted by atomic mass is 10.1. The molecule has 0 unspecified atom stereocenters. The summed E-state index contributed by atoms with van der Waals surface area (Å²) in [6.45, 7) is 3.78. The molecule has 0 aliphatic heterocycles. The summed E-state index contributed by atoms with van der Waals surface area (Å²) in [6.07, 6.45) is 2.09. The molecule has 100 valence electrons. The van der Waals surface area contributed by atoms with E-state index in [1.165, 1.54) is 0 Å². The van der Waals surface area contributed by atoms with Gasteiger partial charge >= 0.3 is 0 Å². The highest BCUT2D eigenvalue weighted by atomic mass is 32.2. The molecule has 0 saturated carbocycles. The van der Waals surface area contributed by atoms with E-state index >= 15 is 0 Å². The van der Waals surface area contributed by atoms with Gasteiger partial charge in [0.25, 0.3) is 0 Å².